The summed E-state index contributed by atoms with van der Waals surface area (Å²) in [5.74, 6) is -0.296. The van der Waals surface area contributed by atoms with Crippen LogP contribution in [0, 0.1) is 0 Å². The number of hydrogen-bond donors (Lipinski definition) is 1. The van der Waals surface area contributed by atoms with E-state index in [9.17, 15) is 4.79 Å². The van der Waals surface area contributed by atoms with Crippen molar-refractivity contribution in [2.75, 3.05) is 7.11 Å². The van der Waals surface area contributed by atoms with Crippen molar-refractivity contribution in [2.24, 2.45) is 5.73 Å². The average Bonchev–Trinajstić information content (AvgIpc) is 2.48. The van der Waals surface area contributed by atoms with E-state index in [1.54, 1.807) is 0 Å². The van der Waals surface area contributed by atoms with E-state index >= 15 is 0 Å². The fourth-order valence-corrected chi connectivity index (χ4v) is 2.07. The number of carbonyl (C=O) groups is 1. The summed E-state index contributed by atoms with van der Waals surface area (Å²) in [6.07, 6.45) is 0.181. The van der Waals surface area contributed by atoms with Crippen LogP contribution < -0.4 is 5.73 Å². The van der Waals surface area contributed by atoms with E-state index in [-0.39, 0.29) is 30.8 Å². The molecule has 0 heterocycles. The zero-order valence-corrected chi connectivity index (χ0v) is 12.1. The number of rotatable bonds is 4. The molecule has 106 valence electrons. The van der Waals surface area contributed by atoms with Gasteiger partial charge in [0.1, 0.15) is 0 Å². The topological polar surface area (TPSA) is 52.3 Å². The van der Waals surface area contributed by atoms with Gasteiger partial charge < -0.3 is 10.5 Å². The Balaban J connectivity index is 0.00000200. The Bertz CT molecular complexity index is 557. The van der Waals surface area contributed by atoms with Crippen LogP contribution in [0.2, 0.25) is 0 Å². The van der Waals surface area contributed by atoms with Crippen LogP contribution in [0.4, 0.5) is 0 Å². The first-order chi connectivity index (χ1) is 9.22. The van der Waals surface area contributed by atoms with E-state index in [2.05, 4.69) is 4.74 Å². The third-order valence-electron chi connectivity index (χ3n) is 3.06. The number of hydrogen-bond acceptors (Lipinski definition) is 3. The molecule has 0 radical (unpaired) electrons. The highest BCUT2D eigenvalue weighted by molar-refractivity contribution is 5.85. The quantitative estimate of drug-likeness (QED) is 0.879. The summed E-state index contributed by atoms with van der Waals surface area (Å²) in [6.45, 7) is 0. The largest absolute Gasteiger partial charge is 0.469 e. The molecule has 0 saturated carbocycles. The van der Waals surface area contributed by atoms with E-state index in [1.807, 2.05) is 54.6 Å². The van der Waals surface area contributed by atoms with Crippen LogP contribution >= 0.6 is 12.4 Å². The lowest BCUT2D eigenvalue weighted by Gasteiger charge is -2.15. The molecule has 0 fully saturated rings. The van der Waals surface area contributed by atoms with E-state index in [0.717, 1.165) is 16.7 Å². The van der Waals surface area contributed by atoms with Gasteiger partial charge in [-0.1, -0.05) is 54.6 Å². The molecule has 1 unspecified atom stereocenters. The van der Waals surface area contributed by atoms with Gasteiger partial charge in [-0.3, -0.25) is 4.79 Å². The van der Waals surface area contributed by atoms with Crippen molar-refractivity contribution in [1.29, 1.82) is 0 Å². The number of esters is 1. The van der Waals surface area contributed by atoms with Gasteiger partial charge in [0.15, 0.2) is 0 Å². The highest BCUT2D eigenvalue weighted by Crippen LogP contribution is 2.28. The lowest BCUT2D eigenvalue weighted by Crippen LogP contribution is -2.17. The smallest absolute Gasteiger partial charge is 0.307 e. The predicted octanol–water partition coefficient (Wildman–Crippen LogP) is 3.34. The highest BCUT2D eigenvalue weighted by atomic mass is 35.5. The fraction of sp³-hybridized carbons (Fsp3) is 0.188. The SMILES string of the molecule is COC(=O)CC(N)c1ccccc1-c1ccccc1.Cl. The van der Waals surface area contributed by atoms with Crippen molar-refractivity contribution in [3.05, 3.63) is 60.2 Å². The molecule has 0 aliphatic carbocycles. The standard InChI is InChI=1S/C16H17NO2.ClH/c1-19-16(18)11-15(17)14-10-6-5-9-13(14)12-7-3-2-4-8-12;/h2-10,15H,11,17H2,1H3;1H. The Morgan fingerprint density at radius 2 is 1.70 bits per heavy atom. The summed E-state index contributed by atoms with van der Waals surface area (Å²) in [7, 11) is 1.37. The molecule has 0 aliphatic heterocycles. The van der Waals surface area contributed by atoms with E-state index in [0.29, 0.717) is 0 Å². The molecule has 1 atom stereocenters. The Morgan fingerprint density at radius 3 is 2.35 bits per heavy atom. The number of carbonyl (C=O) groups excluding carboxylic acids is 1. The zero-order chi connectivity index (χ0) is 13.7. The molecule has 2 N–H and O–H groups in total. The number of halogens is 1. The van der Waals surface area contributed by atoms with E-state index in [1.165, 1.54) is 7.11 Å². The molecule has 2 rings (SSSR count). The van der Waals surface area contributed by atoms with Crippen molar-refractivity contribution < 1.29 is 9.53 Å². The van der Waals surface area contributed by atoms with Gasteiger partial charge in [-0.2, -0.15) is 0 Å². The highest BCUT2D eigenvalue weighted by Gasteiger charge is 2.15. The molecule has 0 saturated heterocycles. The maximum absolute atomic E-state index is 11.3. The summed E-state index contributed by atoms with van der Waals surface area (Å²) in [6, 6.07) is 17.5. The maximum atomic E-state index is 11.3. The second-order valence-electron chi connectivity index (χ2n) is 4.34. The molecule has 2 aromatic carbocycles. The van der Waals surface area contributed by atoms with Crippen molar-refractivity contribution in [2.45, 2.75) is 12.5 Å². The summed E-state index contributed by atoms with van der Waals surface area (Å²) in [4.78, 5) is 11.3. The second kappa shape index (κ2) is 7.68. The predicted molar refractivity (Wildman–Crippen MR) is 82.7 cm³/mol. The molecular formula is C16H18ClNO2. The fourth-order valence-electron chi connectivity index (χ4n) is 2.07. The van der Waals surface area contributed by atoms with Gasteiger partial charge in [0.2, 0.25) is 0 Å². The van der Waals surface area contributed by atoms with Crippen molar-refractivity contribution in [3.8, 4) is 11.1 Å². The Morgan fingerprint density at radius 1 is 1.10 bits per heavy atom. The van der Waals surface area contributed by atoms with Gasteiger partial charge in [-0.15, -0.1) is 12.4 Å². The zero-order valence-electron chi connectivity index (χ0n) is 11.3. The Kier molecular flexibility index (Phi) is 6.22. The lowest BCUT2D eigenvalue weighted by molar-refractivity contribution is -0.141. The minimum Gasteiger partial charge on any atom is -0.469 e. The number of methoxy groups -OCH3 is 1. The van der Waals surface area contributed by atoms with Crippen LogP contribution in [-0.2, 0) is 9.53 Å². The Labute approximate surface area is 125 Å². The van der Waals surface area contributed by atoms with Crippen molar-refractivity contribution >= 4 is 18.4 Å². The van der Waals surface area contributed by atoms with Gasteiger partial charge in [-0.25, -0.2) is 0 Å². The van der Waals surface area contributed by atoms with Gasteiger partial charge in [0, 0.05) is 6.04 Å². The number of nitrogens with two attached hydrogens (primary N) is 1. The van der Waals surface area contributed by atoms with Crippen molar-refractivity contribution in [3.63, 3.8) is 0 Å². The molecule has 3 nitrogen and oxygen atoms in total. The first-order valence-corrected chi connectivity index (χ1v) is 6.19. The number of benzene rings is 2. The molecule has 0 aromatic heterocycles. The molecule has 4 heteroatoms. The normalized spacial score (nSPS) is 11.3. The van der Waals surface area contributed by atoms with Gasteiger partial charge >= 0.3 is 5.97 Å². The molecule has 0 aliphatic rings. The molecule has 0 bridgehead atoms. The molecule has 20 heavy (non-hydrogen) atoms. The molecule has 0 spiro atoms. The summed E-state index contributed by atoms with van der Waals surface area (Å²) >= 11 is 0. The average molecular weight is 292 g/mol. The molecular weight excluding hydrogens is 274 g/mol. The van der Waals surface area contributed by atoms with Crippen LogP contribution in [0.15, 0.2) is 54.6 Å². The molecule has 0 amide bonds. The van der Waals surface area contributed by atoms with E-state index < -0.39 is 0 Å². The maximum Gasteiger partial charge on any atom is 0.307 e. The minimum atomic E-state index is -0.358. The lowest BCUT2D eigenvalue weighted by atomic mass is 9.94. The van der Waals surface area contributed by atoms with Crippen LogP contribution in [0.3, 0.4) is 0 Å². The monoisotopic (exact) mass is 291 g/mol. The van der Waals surface area contributed by atoms with Crippen LogP contribution in [-0.4, -0.2) is 13.1 Å². The van der Waals surface area contributed by atoms with Crippen molar-refractivity contribution in [1.82, 2.24) is 0 Å². The molecule has 2 aromatic rings. The third-order valence-corrected chi connectivity index (χ3v) is 3.06. The van der Waals surface area contributed by atoms with Gasteiger partial charge in [0.05, 0.1) is 13.5 Å². The summed E-state index contributed by atoms with van der Waals surface area (Å²) < 4.78 is 4.67. The van der Waals surface area contributed by atoms with Crippen LogP contribution in [0.5, 0.6) is 0 Å². The minimum absolute atomic E-state index is 0. The summed E-state index contributed by atoms with van der Waals surface area (Å²) in [5, 5.41) is 0. The van der Waals surface area contributed by atoms with Crippen LogP contribution in [0.25, 0.3) is 11.1 Å². The Hall–Kier alpha value is -1.84. The first-order valence-electron chi connectivity index (χ1n) is 6.19. The van der Waals surface area contributed by atoms with Gasteiger partial charge in [0.25, 0.3) is 0 Å². The second-order valence-corrected chi connectivity index (χ2v) is 4.34. The first kappa shape index (κ1) is 16.2. The summed E-state index contributed by atoms with van der Waals surface area (Å²) in [5.41, 5.74) is 9.22. The third kappa shape index (κ3) is 3.83. The number of ether oxygens (including phenoxy) is 1. The van der Waals surface area contributed by atoms with Gasteiger partial charge in [-0.05, 0) is 16.7 Å². The van der Waals surface area contributed by atoms with E-state index in [4.69, 9.17) is 5.73 Å². The van der Waals surface area contributed by atoms with Crippen LogP contribution in [0.1, 0.15) is 18.0 Å².